The van der Waals surface area contributed by atoms with E-state index in [4.69, 9.17) is 10.7 Å². The summed E-state index contributed by atoms with van der Waals surface area (Å²) in [5, 5.41) is 8.95. The van der Waals surface area contributed by atoms with Crippen molar-refractivity contribution in [1.82, 2.24) is 14.8 Å². The van der Waals surface area contributed by atoms with Crippen LogP contribution in [-0.4, -0.2) is 20.8 Å². The van der Waals surface area contributed by atoms with Crippen molar-refractivity contribution in [3.05, 3.63) is 89.3 Å². The first-order valence-corrected chi connectivity index (χ1v) is 12.9. The van der Waals surface area contributed by atoms with Gasteiger partial charge in [-0.15, -0.1) is 0 Å². The van der Waals surface area contributed by atoms with E-state index in [2.05, 4.69) is 100 Å². The number of nitrogens with two attached hydrogens (primary N) is 1. The maximum absolute atomic E-state index is 5.84. The van der Waals surface area contributed by atoms with Crippen LogP contribution < -0.4 is 11.1 Å². The number of nitrogens with one attached hydrogen (secondary N) is 1. The smallest absolute Gasteiger partial charge is 0.138 e. The van der Waals surface area contributed by atoms with Crippen LogP contribution in [0.15, 0.2) is 61.3 Å². The van der Waals surface area contributed by atoms with Crippen LogP contribution in [0.25, 0.3) is 16.5 Å². The van der Waals surface area contributed by atoms with Gasteiger partial charge in [-0.25, -0.2) is 4.98 Å². The Bertz CT molecular complexity index is 1320. The molecular weight excluding hydrogens is 442 g/mol. The molecule has 4 aromatic rings. The van der Waals surface area contributed by atoms with Crippen molar-refractivity contribution >= 4 is 28.0 Å². The van der Waals surface area contributed by atoms with Gasteiger partial charge in [-0.05, 0) is 93.5 Å². The fraction of sp³-hybridized carbons (Fsp3) is 0.355. The van der Waals surface area contributed by atoms with Crippen LogP contribution in [0, 0.1) is 13.8 Å². The average Bonchev–Trinajstić information content (AvgIpc) is 3.28. The molecule has 0 saturated carbocycles. The molecule has 5 nitrogen and oxygen atoms in total. The highest BCUT2D eigenvalue weighted by Crippen LogP contribution is 2.28. The zero-order chi connectivity index (χ0) is 26.4. The molecule has 0 aliphatic heterocycles. The van der Waals surface area contributed by atoms with Crippen molar-refractivity contribution < 1.29 is 0 Å². The van der Waals surface area contributed by atoms with E-state index in [1.54, 1.807) is 0 Å². The van der Waals surface area contributed by atoms with Crippen LogP contribution in [0.4, 0.5) is 11.5 Å². The molecule has 0 radical (unpaired) electrons. The van der Waals surface area contributed by atoms with E-state index in [1.165, 1.54) is 16.7 Å². The number of fused-ring (bicyclic) bond motifs is 1. The zero-order valence-electron chi connectivity index (χ0n) is 22.9. The van der Waals surface area contributed by atoms with Crippen molar-refractivity contribution in [3.8, 4) is 0 Å². The third kappa shape index (κ3) is 6.41. The van der Waals surface area contributed by atoms with E-state index in [-0.39, 0.29) is 6.04 Å². The Kier molecular flexibility index (Phi) is 9.05. The summed E-state index contributed by atoms with van der Waals surface area (Å²) in [4.78, 5) is 4.70. The number of hydrogen-bond donors (Lipinski definition) is 2. The molecule has 0 aliphatic rings. The predicted molar refractivity (Wildman–Crippen MR) is 155 cm³/mol. The minimum atomic E-state index is 0.229. The number of allylic oxidation sites excluding steroid dienone is 1. The van der Waals surface area contributed by atoms with Gasteiger partial charge in [0.15, 0.2) is 0 Å². The second-order valence-electron chi connectivity index (χ2n) is 9.67. The number of hydrogen-bond acceptors (Lipinski definition) is 4. The highest BCUT2D eigenvalue weighted by Gasteiger charge is 2.10. The van der Waals surface area contributed by atoms with Gasteiger partial charge < -0.3 is 11.1 Å². The van der Waals surface area contributed by atoms with E-state index in [0.29, 0.717) is 5.92 Å². The summed E-state index contributed by atoms with van der Waals surface area (Å²) in [5.74, 6) is 1.30. The van der Waals surface area contributed by atoms with Crippen LogP contribution in [0.1, 0.15) is 68.5 Å². The lowest BCUT2D eigenvalue weighted by Crippen LogP contribution is -2.22. The molecule has 36 heavy (non-hydrogen) atoms. The molecule has 3 N–H and O–H groups in total. The van der Waals surface area contributed by atoms with Gasteiger partial charge >= 0.3 is 0 Å². The quantitative estimate of drug-likeness (QED) is 0.285. The molecule has 2 heterocycles. The van der Waals surface area contributed by atoms with Crippen molar-refractivity contribution in [1.29, 1.82) is 0 Å². The molecular formula is C31H41N5. The van der Waals surface area contributed by atoms with Gasteiger partial charge in [0.2, 0.25) is 0 Å². The molecule has 5 heteroatoms. The Morgan fingerprint density at radius 1 is 1.06 bits per heavy atom. The Morgan fingerprint density at radius 2 is 1.75 bits per heavy atom. The van der Waals surface area contributed by atoms with Crippen LogP contribution in [0.3, 0.4) is 0 Å². The third-order valence-corrected chi connectivity index (χ3v) is 6.83. The standard InChI is InChI=1S/C19H22N4.C12H19N/c1-6-23-18-8-7-16(10-15(18)11-20-23)22-19-17(12(2)3)9-13(4)14(5)21-19;1-4-11-5-7-12(8-6-11)9(2)10(3)13/h7-11H,2,6H2,1,3-5H3,(H,21,22);5-10H,4,13H2,1-3H3/t;9?,10-/m.0/s1. The Labute approximate surface area is 216 Å². The van der Waals surface area contributed by atoms with Gasteiger partial charge in [-0.2, -0.15) is 5.10 Å². The topological polar surface area (TPSA) is 68.8 Å². The lowest BCUT2D eigenvalue weighted by Gasteiger charge is -2.15. The number of rotatable bonds is 7. The van der Waals surface area contributed by atoms with Crippen molar-refractivity contribution in [2.45, 2.75) is 73.4 Å². The normalized spacial score (nSPS) is 12.6. The molecule has 0 bridgehead atoms. The summed E-state index contributed by atoms with van der Waals surface area (Å²) in [5.41, 5.74) is 15.0. The zero-order valence-corrected chi connectivity index (χ0v) is 22.9. The van der Waals surface area contributed by atoms with Crippen molar-refractivity contribution in [2.24, 2.45) is 5.73 Å². The van der Waals surface area contributed by atoms with Crippen LogP contribution in [0.5, 0.6) is 0 Å². The van der Waals surface area contributed by atoms with E-state index in [1.807, 2.05) is 24.7 Å². The first kappa shape index (κ1) is 27.2. The van der Waals surface area contributed by atoms with Crippen LogP contribution in [0.2, 0.25) is 0 Å². The second kappa shape index (κ2) is 12.0. The van der Waals surface area contributed by atoms with Crippen molar-refractivity contribution in [2.75, 3.05) is 5.32 Å². The molecule has 0 amide bonds. The number of anilines is 2. The molecule has 0 aliphatic carbocycles. The Balaban J connectivity index is 0.000000236. The summed E-state index contributed by atoms with van der Waals surface area (Å²) < 4.78 is 1.99. The van der Waals surface area contributed by atoms with E-state index in [0.717, 1.165) is 52.2 Å². The number of nitrogens with zero attached hydrogens (tertiary/aromatic N) is 3. The molecule has 2 atom stereocenters. The first-order valence-electron chi connectivity index (χ1n) is 12.9. The number of pyridine rings is 1. The molecule has 190 valence electrons. The molecule has 4 rings (SSSR count). The lowest BCUT2D eigenvalue weighted by atomic mass is 9.94. The molecule has 2 aromatic carbocycles. The van der Waals surface area contributed by atoms with Crippen molar-refractivity contribution in [3.63, 3.8) is 0 Å². The van der Waals surface area contributed by atoms with Gasteiger partial charge in [-0.3, -0.25) is 4.68 Å². The Morgan fingerprint density at radius 3 is 2.33 bits per heavy atom. The fourth-order valence-electron chi connectivity index (χ4n) is 4.04. The van der Waals surface area contributed by atoms with E-state index >= 15 is 0 Å². The highest BCUT2D eigenvalue weighted by molar-refractivity contribution is 5.84. The number of aromatic nitrogens is 3. The number of benzene rings is 2. The molecule has 0 saturated heterocycles. The largest absolute Gasteiger partial charge is 0.340 e. The van der Waals surface area contributed by atoms with Gasteiger partial charge in [0.1, 0.15) is 5.82 Å². The monoisotopic (exact) mass is 483 g/mol. The maximum Gasteiger partial charge on any atom is 0.138 e. The average molecular weight is 484 g/mol. The van der Waals surface area contributed by atoms with Crippen LogP contribution >= 0.6 is 0 Å². The summed E-state index contributed by atoms with van der Waals surface area (Å²) >= 11 is 0. The SMILES string of the molecule is C=C(C)c1cc(C)c(C)nc1Nc1ccc2c(cnn2CC)c1.CCc1ccc(C(C)[C@H](C)N)cc1. The van der Waals surface area contributed by atoms with E-state index in [9.17, 15) is 0 Å². The second-order valence-corrected chi connectivity index (χ2v) is 9.67. The summed E-state index contributed by atoms with van der Waals surface area (Å²) in [7, 11) is 0. The lowest BCUT2D eigenvalue weighted by molar-refractivity contribution is 0.613. The van der Waals surface area contributed by atoms with Gasteiger partial charge in [0, 0.05) is 34.9 Å². The van der Waals surface area contributed by atoms with Gasteiger partial charge in [-0.1, -0.05) is 44.7 Å². The minimum absolute atomic E-state index is 0.229. The summed E-state index contributed by atoms with van der Waals surface area (Å²) in [6.45, 7) is 19.5. The van der Waals surface area contributed by atoms with Gasteiger partial charge in [0.25, 0.3) is 0 Å². The van der Waals surface area contributed by atoms with Gasteiger partial charge in [0.05, 0.1) is 11.7 Å². The minimum Gasteiger partial charge on any atom is -0.340 e. The molecule has 0 spiro atoms. The van der Waals surface area contributed by atoms with E-state index < -0.39 is 0 Å². The van der Waals surface area contributed by atoms with Crippen LogP contribution in [-0.2, 0) is 13.0 Å². The third-order valence-electron chi connectivity index (χ3n) is 6.83. The summed E-state index contributed by atoms with van der Waals surface area (Å²) in [6, 6.07) is 17.4. The highest BCUT2D eigenvalue weighted by atomic mass is 15.3. The maximum atomic E-state index is 5.84. The summed E-state index contributed by atoms with van der Waals surface area (Å²) in [6.07, 6.45) is 3.00. The molecule has 2 aromatic heterocycles. The molecule has 1 unspecified atom stereocenters. The number of aryl methyl sites for hydroxylation is 4. The fourth-order valence-corrected chi connectivity index (χ4v) is 4.04. The molecule has 0 fully saturated rings. The first-order chi connectivity index (χ1) is 17.1. The predicted octanol–water partition coefficient (Wildman–Crippen LogP) is 7.54. The Hall–Kier alpha value is -3.44.